The molecule has 1 aromatic heterocycles. The van der Waals surface area contributed by atoms with Crippen molar-refractivity contribution in [3.05, 3.63) is 81.6 Å². The average Bonchev–Trinajstić information content (AvgIpc) is 2.70. The number of rotatable bonds is 5. The smallest absolute Gasteiger partial charge is 0.416 e. The fourth-order valence-corrected chi connectivity index (χ4v) is 3.32. The Kier molecular flexibility index (Phi) is 5.94. The third kappa shape index (κ3) is 4.97. The number of methoxy groups -OCH3 is 1. The monoisotopic (exact) mass is 417 g/mol. The van der Waals surface area contributed by atoms with Gasteiger partial charge in [0.15, 0.2) is 0 Å². The lowest BCUT2D eigenvalue weighted by atomic mass is 10.2. The average molecular weight is 417 g/mol. The molecule has 9 heteroatoms. The van der Waals surface area contributed by atoms with Crippen LogP contribution in [0.4, 0.5) is 13.2 Å². The molecule has 0 aliphatic carbocycles. The van der Waals surface area contributed by atoms with Crippen molar-refractivity contribution in [1.82, 2.24) is 9.78 Å². The Morgan fingerprint density at radius 3 is 2.34 bits per heavy atom. The first-order valence-electron chi connectivity index (χ1n) is 8.30. The lowest BCUT2D eigenvalue weighted by Crippen LogP contribution is -2.26. The van der Waals surface area contributed by atoms with Crippen LogP contribution in [0.3, 0.4) is 0 Å². The van der Waals surface area contributed by atoms with Gasteiger partial charge in [0.1, 0.15) is 22.4 Å². The molecule has 1 heterocycles. The molecule has 0 saturated carbocycles. The van der Waals surface area contributed by atoms with Gasteiger partial charge in [0.05, 0.1) is 19.2 Å². The van der Waals surface area contributed by atoms with Crippen LogP contribution in [-0.4, -0.2) is 16.9 Å². The van der Waals surface area contributed by atoms with Crippen LogP contribution in [0.15, 0.2) is 69.3 Å². The van der Waals surface area contributed by atoms with Crippen molar-refractivity contribution in [3.8, 4) is 11.8 Å². The van der Waals surface area contributed by atoms with Crippen molar-refractivity contribution in [2.75, 3.05) is 7.11 Å². The number of alkyl halides is 3. The molecule has 0 unspecified atom stereocenters. The maximum Gasteiger partial charge on any atom is 0.416 e. The van der Waals surface area contributed by atoms with Gasteiger partial charge in [-0.1, -0.05) is 23.9 Å². The van der Waals surface area contributed by atoms with Crippen LogP contribution in [0.1, 0.15) is 16.7 Å². The summed E-state index contributed by atoms with van der Waals surface area (Å²) in [5, 5.41) is 13.8. The fourth-order valence-electron chi connectivity index (χ4n) is 2.49. The van der Waals surface area contributed by atoms with E-state index < -0.39 is 17.3 Å². The van der Waals surface area contributed by atoms with Gasteiger partial charge in [-0.2, -0.15) is 23.5 Å². The number of hydrogen-bond donors (Lipinski definition) is 0. The zero-order valence-electron chi connectivity index (χ0n) is 15.1. The van der Waals surface area contributed by atoms with Gasteiger partial charge in [0.2, 0.25) is 0 Å². The Morgan fingerprint density at radius 1 is 1.14 bits per heavy atom. The molecule has 148 valence electrons. The molecule has 0 aliphatic heterocycles. The minimum atomic E-state index is -4.42. The van der Waals surface area contributed by atoms with Crippen LogP contribution in [0.2, 0.25) is 0 Å². The summed E-state index contributed by atoms with van der Waals surface area (Å²) in [6, 6.07) is 14.8. The van der Waals surface area contributed by atoms with Crippen LogP contribution in [0.25, 0.3) is 0 Å². The van der Waals surface area contributed by atoms with E-state index in [0.717, 1.165) is 34.1 Å². The Morgan fingerprint density at radius 2 is 1.79 bits per heavy atom. The molecule has 0 fully saturated rings. The summed E-state index contributed by atoms with van der Waals surface area (Å²) in [6.07, 6.45) is -4.42. The van der Waals surface area contributed by atoms with Crippen LogP contribution in [-0.2, 0) is 12.7 Å². The zero-order valence-corrected chi connectivity index (χ0v) is 15.9. The van der Waals surface area contributed by atoms with E-state index >= 15 is 0 Å². The number of halogens is 3. The highest BCUT2D eigenvalue weighted by Gasteiger charge is 2.30. The van der Waals surface area contributed by atoms with Crippen LogP contribution in [0, 0.1) is 11.3 Å². The molecule has 2 aromatic carbocycles. The Labute approximate surface area is 168 Å². The summed E-state index contributed by atoms with van der Waals surface area (Å²) >= 11 is 1.07. The summed E-state index contributed by atoms with van der Waals surface area (Å²) in [6.45, 7) is 0.138. The van der Waals surface area contributed by atoms with Crippen molar-refractivity contribution in [1.29, 1.82) is 5.26 Å². The fraction of sp³-hybridized carbons (Fsp3) is 0.150. The second kappa shape index (κ2) is 8.41. The first-order chi connectivity index (χ1) is 13.8. The van der Waals surface area contributed by atoms with Gasteiger partial charge in [-0.3, -0.25) is 4.79 Å². The maximum atomic E-state index is 12.7. The highest BCUT2D eigenvalue weighted by Crippen LogP contribution is 2.32. The van der Waals surface area contributed by atoms with Gasteiger partial charge in [-0.05, 0) is 48.0 Å². The molecule has 0 N–H and O–H groups in total. The topological polar surface area (TPSA) is 67.9 Å². The van der Waals surface area contributed by atoms with E-state index in [1.807, 2.05) is 6.07 Å². The van der Waals surface area contributed by atoms with Gasteiger partial charge in [-0.25, -0.2) is 4.68 Å². The van der Waals surface area contributed by atoms with Gasteiger partial charge < -0.3 is 4.74 Å². The summed E-state index contributed by atoms with van der Waals surface area (Å²) in [4.78, 5) is 12.9. The largest absolute Gasteiger partial charge is 0.497 e. The van der Waals surface area contributed by atoms with Crippen LogP contribution < -0.4 is 10.3 Å². The summed E-state index contributed by atoms with van der Waals surface area (Å²) in [5.41, 5.74) is -0.610. The molecule has 3 rings (SSSR count). The highest BCUT2D eigenvalue weighted by atomic mass is 32.2. The molecule has 0 bridgehead atoms. The van der Waals surface area contributed by atoms with Crippen molar-refractivity contribution in [2.24, 2.45) is 0 Å². The third-order valence-corrected chi connectivity index (χ3v) is 4.88. The lowest BCUT2D eigenvalue weighted by molar-refractivity contribution is -0.137. The van der Waals surface area contributed by atoms with Crippen molar-refractivity contribution in [3.63, 3.8) is 0 Å². The maximum absolute atomic E-state index is 12.7. The van der Waals surface area contributed by atoms with Crippen LogP contribution >= 0.6 is 11.8 Å². The van der Waals surface area contributed by atoms with Gasteiger partial charge >= 0.3 is 6.18 Å². The number of benzene rings is 2. The quantitative estimate of drug-likeness (QED) is 0.618. The molecule has 0 saturated heterocycles. The van der Waals surface area contributed by atoms with Crippen LogP contribution in [0.5, 0.6) is 5.75 Å². The molecule has 0 atom stereocenters. The van der Waals surface area contributed by atoms with E-state index in [9.17, 15) is 23.2 Å². The number of hydrogen-bond acceptors (Lipinski definition) is 5. The lowest BCUT2D eigenvalue weighted by Gasteiger charge is -2.10. The SMILES string of the molecule is COc1ccc(Cn2nc(Sc3ccc(C(F)(F)F)cc3)cc(C#N)c2=O)cc1. The number of nitriles is 1. The van der Waals surface area contributed by atoms with Gasteiger partial charge in [0.25, 0.3) is 5.56 Å². The van der Waals surface area contributed by atoms with E-state index in [-0.39, 0.29) is 12.1 Å². The molecular formula is C20H14F3N3O2S. The Bertz CT molecular complexity index is 1100. The Balaban J connectivity index is 1.88. The zero-order chi connectivity index (χ0) is 21.0. The normalized spacial score (nSPS) is 11.1. The number of ether oxygens (including phenoxy) is 1. The van der Waals surface area contributed by atoms with Gasteiger partial charge in [-0.15, -0.1) is 0 Å². The molecular weight excluding hydrogens is 403 g/mol. The molecule has 3 aromatic rings. The van der Waals surface area contributed by atoms with E-state index in [4.69, 9.17) is 4.74 Å². The van der Waals surface area contributed by atoms with E-state index in [1.165, 1.54) is 18.2 Å². The standard InChI is InChI=1S/C20H14F3N3O2S/c1-28-16-6-2-13(3-7-16)12-26-19(27)14(11-24)10-18(25-26)29-17-8-4-15(5-9-17)20(21,22)23/h2-10H,12H2,1H3. The van der Waals surface area contributed by atoms with Crippen molar-refractivity contribution >= 4 is 11.8 Å². The second-order valence-corrected chi connectivity index (χ2v) is 7.04. The second-order valence-electron chi connectivity index (χ2n) is 5.94. The molecule has 0 spiro atoms. The summed E-state index contributed by atoms with van der Waals surface area (Å²) < 4.78 is 44.3. The van der Waals surface area contributed by atoms with Gasteiger partial charge in [0, 0.05) is 4.90 Å². The van der Waals surface area contributed by atoms with Crippen molar-refractivity contribution < 1.29 is 17.9 Å². The number of nitrogens with zero attached hydrogens (tertiary/aromatic N) is 3. The minimum Gasteiger partial charge on any atom is -0.497 e. The van der Waals surface area contributed by atoms with E-state index in [0.29, 0.717) is 15.7 Å². The number of aromatic nitrogens is 2. The highest BCUT2D eigenvalue weighted by molar-refractivity contribution is 7.99. The van der Waals surface area contributed by atoms with E-state index in [2.05, 4.69) is 5.10 Å². The summed E-state index contributed by atoms with van der Waals surface area (Å²) in [7, 11) is 1.54. The minimum absolute atomic E-state index is 0.0945. The molecule has 0 radical (unpaired) electrons. The summed E-state index contributed by atoms with van der Waals surface area (Å²) in [5.74, 6) is 0.665. The molecule has 0 amide bonds. The predicted molar refractivity (Wildman–Crippen MR) is 101 cm³/mol. The molecule has 0 aliphatic rings. The molecule has 5 nitrogen and oxygen atoms in total. The Hall–Kier alpha value is -3.25. The van der Waals surface area contributed by atoms with E-state index in [1.54, 1.807) is 31.4 Å². The predicted octanol–water partition coefficient (Wildman–Crippen LogP) is 4.34. The third-order valence-electron chi connectivity index (χ3n) is 3.97. The first-order valence-corrected chi connectivity index (χ1v) is 9.12. The van der Waals surface area contributed by atoms with Crippen molar-refractivity contribution in [2.45, 2.75) is 22.6 Å². The molecule has 29 heavy (non-hydrogen) atoms. The first kappa shape index (κ1) is 20.5.